The molecule has 4 atom stereocenters. The lowest BCUT2D eigenvalue weighted by atomic mass is 10.0. The molecule has 44 heavy (non-hydrogen) atoms. The molecular weight excluding hydrogens is 554 g/mol. The van der Waals surface area contributed by atoms with Gasteiger partial charge in [0, 0.05) is 43.4 Å². The van der Waals surface area contributed by atoms with Gasteiger partial charge in [-0.2, -0.15) is 0 Å². The average molecular weight is 602 g/mol. The van der Waals surface area contributed by atoms with Gasteiger partial charge in [0.1, 0.15) is 5.75 Å². The molecule has 236 valence electrons. The summed E-state index contributed by atoms with van der Waals surface area (Å²) in [6.07, 6.45) is 2.42. The van der Waals surface area contributed by atoms with Crippen LogP contribution in [0, 0.1) is 5.92 Å². The van der Waals surface area contributed by atoms with E-state index >= 15 is 0 Å². The number of amides is 2. The van der Waals surface area contributed by atoms with Gasteiger partial charge in [-0.25, -0.2) is 0 Å². The van der Waals surface area contributed by atoms with Crippen molar-refractivity contribution in [2.75, 3.05) is 38.7 Å². The van der Waals surface area contributed by atoms with E-state index in [4.69, 9.17) is 9.47 Å². The van der Waals surface area contributed by atoms with Gasteiger partial charge in [0.2, 0.25) is 0 Å². The van der Waals surface area contributed by atoms with Crippen LogP contribution in [0.2, 0.25) is 0 Å². The molecule has 1 aliphatic rings. The lowest BCUT2D eigenvalue weighted by Crippen LogP contribution is -2.47. The Labute approximate surface area is 262 Å². The van der Waals surface area contributed by atoms with E-state index < -0.39 is 6.04 Å². The lowest BCUT2D eigenvalue weighted by Gasteiger charge is -2.36. The van der Waals surface area contributed by atoms with Gasteiger partial charge in [-0.05, 0) is 76.1 Å². The van der Waals surface area contributed by atoms with Gasteiger partial charge in [0.05, 0.1) is 30.4 Å². The van der Waals surface area contributed by atoms with Crippen molar-refractivity contribution in [3.8, 4) is 5.75 Å². The first kappa shape index (κ1) is 33.2. The van der Waals surface area contributed by atoms with Gasteiger partial charge >= 0.3 is 0 Å². The van der Waals surface area contributed by atoms with Gasteiger partial charge in [0.25, 0.3) is 11.8 Å². The lowest BCUT2D eigenvalue weighted by molar-refractivity contribution is -0.0177. The number of carbonyl (C=O) groups excluding carboxylic acids is 2. The third kappa shape index (κ3) is 9.39. The summed E-state index contributed by atoms with van der Waals surface area (Å²) in [6.45, 7) is 8.28. The molecule has 8 heteroatoms. The van der Waals surface area contributed by atoms with Crippen molar-refractivity contribution in [3.05, 3.63) is 95.6 Å². The molecule has 0 aliphatic carbocycles. The summed E-state index contributed by atoms with van der Waals surface area (Å²) in [4.78, 5) is 31.2. The zero-order valence-electron chi connectivity index (χ0n) is 26.4. The molecule has 0 saturated carbocycles. The number of aliphatic hydroxyl groups excluding tert-OH is 1. The second-order valence-corrected chi connectivity index (χ2v) is 12.0. The molecule has 2 amide bonds. The number of aliphatic hydroxyl groups is 1. The number of rotatable bonds is 8. The molecule has 0 unspecified atom stereocenters. The van der Waals surface area contributed by atoms with Crippen molar-refractivity contribution in [2.45, 2.75) is 64.8 Å². The number of ether oxygens (including phenoxy) is 2. The first-order chi connectivity index (χ1) is 21.2. The van der Waals surface area contributed by atoms with Crippen LogP contribution in [-0.2, 0) is 11.3 Å². The number of hydrogen-bond donors (Lipinski definition) is 2. The summed E-state index contributed by atoms with van der Waals surface area (Å²) >= 11 is 0. The van der Waals surface area contributed by atoms with E-state index in [0.29, 0.717) is 42.3 Å². The van der Waals surface area contributed by atoms with E-state index in [1.54, 1.807) is 35.2 Å². The van der Waals surface area contributed by atoms with Gasteiger partial charge in [-0.1, -0.05) is 55.5 Å². The molecule has 0 radical (unpaired) electrons. The predicted molar refractivity (Wildman–Crippen MR) is 174 cm³/mol. The first-order valence-corrected chi connectivity index (χ1v) is 15.7. The highest BCUT2D eigenvalue weighted by molar-refractivity contribution is 6.05. The molecule has 0 saturated heterocycles. The minimum atomic E-state index is -0.437. The van der Waals surface area contributed by atoms with Crippen molar-refractivity contribution in [3.63, 3.8) is 0 Å². The molecule has 4 rings (SSSR count). The Balaban J connectivity index is 1.61. The van der Waals surface area contributed by atoms with Crippen LogP contribution in [0.1, 0.15) is 66.3 Å². The molecule has 8 nitrogen and oxygen atoms in total. The Morgan fingerprint density at radius 1 is 1.05 bits per heavy atom. The van der Waals surface area contributed by atoms with Crippen LogP contribution in [0.15, 0.2) is 78.9 Å². The van der Waals surface area contributed by atoms with E-state index in [1.165, 1.54) is 5.56 Å². The second kappa shape index (κ2) is 16.4. The fourth-order valence-corrected chi connectivity index (χ4v) is 5.52. The van der Waals surface area contributed by atoms with Crippen molar-refractivity contribution >= 4 is 17.5 Å². The first-order valence-electron chi connectivity index (χ1n) is 15.7. The van der Waals surface area contributed by atoms with Crippen molar-refractivity contribution in [1.29, 1.82) is 0 Å². The monoisotopic (exact) mass is 601 g/mol. The largest absolute Gasteiger partial charge is 0.490 e. The van der Waals surface area contributed by atoms with E-state index in [0.717, 1.165) is 25.8 Å². The smallest absolute Gasteiger partial charge is 0.258 e. The van der Waals surface area contributed by atoms with Crippen LogP contribution >= 0.6 is 0 Å². The third-order valence-electron chi connectivity index (χ3n) is 8.13. The Bertz CT molecular complexity index is 1340. The number of nitrogens with one attached hydrogen (secondary N) is 1. The fraction of sp³-hybridized carbons (Fsp3) is 0.444. The molecular formula is C36H47N3O5. The maximum absolute atomic E-state index is 14.3. The predicted octanol–water partition coefficient (Wildman–Crippen LogP) is 5.87. The van der Waals surface area contributed by atoms with E-state index in [1.807, 2.05) is 50.2 Å². The highest BCUT2D eigenvalue weighted by Crippen LogP contribution is 2.29. The quantitative estimate of drug-likeness (QED) is 0.336. The zero-order valence-corrected chi connectivity index (χ0v) is 26.4. The minimum Gasteiger partial charge on any atom is -0.490 e. The van der Waals surface area contributed by atoms with E-state index in [-0.39, 0.29) is 36.5 Å². The van der Waals surface area contributed by atoms with Crippen LogP contribution in [0.3, 0.4) is 0 Å². The van der Waals surface area contributed by atoms with Crippen LogP contribution in [0.25, 0.3) is 0 Å². The van der Waals surface area contributed by atoms with Gasteiger partial charge in [-0.15, -0.1) is 0 Å². The number of carbonyl (C=O) groups is 2. The Morgan fingerprint density at radius 2 is 1.75 bits per heavy atom. The topological polar surface area (TPSA) is 91.3 Å². The third-order valence-corrected chi connectivity index (χ3v) is 8.13. The number of likely N-dealkylation sites (N-methyl/N-ethyl adjacent to an activating group) is 1. The number of fused-ring (bicyclic) bond motifs is 1. The highest BCUT2D eigenvalue weighted by atomic mass is 16.5. The molecule has 0 aromatic heterocycles. The fourth-order valence-electron chi connectivity index (χ4n) is 5.52. The Hall–Kier alpha value is -3.72. The number of nitrogens with zero attached hydrogens (tertiary/aromatic N) is 2. The molecule has 2 N–H and O–H groups in total. The van der Waals surface area contributed by atoms with Crippen LogP contribution in [0.5, 0.6) is 5.75 Å². The molecule has 0 bridgehead atoms. The van der Waals surface area contributed by atoms with E-state index in [9.17, 15) is 14.7 Å². The number of benzene rings is 3. The Kier molecular flexibility index (Phi) is 12.4. The zero-order chi connectivity index (χ0) is 31.5. The van der Waals surface area contributed by atoms with Crippen LogP contribution in [0.4, 0.5) is 5.69 Å². The Morgan fingerprint density at radius 3 is 2.45 bits per heavy atom. The summed E-state index contributed by atoms with van der Waals surface area (Å²) < 4.78 is 12.8. The van der Waals surface area contributed by atoms with Crippen molar-refractivity contribution in [2.24, 2.45) is 5.92 Å². The van der Waals surface area contributed by atoms with Gasteiger partial charge < -0.3 is 24.8 Å². The van der Waals surface area contributed by atoms with E-state index in [2.05, 4.69) is 36.3 Å². The summed E-state index contributed by atoms with van der Waals surface area (Å²) in [5, 5.41) is 13.1. The summed E-state index contributed by atoms with van der Waals surface area (Å²) in [7, 11) is 2.09. The molecule has 3 aromatic carbocycles. The maximum Gasteiger partial charge on any atom is 0.258 e. The SMILES string of the molecule is C[C@@H]1CN([C@@H](C)CO)C(=O)c2cc(NC(=O)c3ccccc3)ccc2O[C@@H](C)CCCCO[C@@H]1CN(C)Cc1ccccc1. The summed E-state index contributed by atoms with van der Waals surface area (Å²) in [5.74, 6) is -0.0688. The second-order valence-electron chi connectivity index (χ2n) is 12.0. The molecule has 3 aromatic rings. The van der Waals surface area contributed by atoms with Gasteiger partial charge in [-0.3, -0.25) is 14.5 Å². The van der Waals surface area contributed by atoms with Crippen molar-refractivity contribution in [1.82, 2.24) is 9.80 Å². The summed E-state index contributed by atoms with van der Waals surface area (Å²) in [5.41, 5.74) is 2.61. The minimum absolute atomic E-state index is 0.0154. The normalized spacial score (nSPS) is 20.7. The van der Waals surface area contributed by atoms with Gasteiger partial charge in [0.15, 0.2) is 0 Å². The molecule has 1 heterocycles. The molecule has 0 spiro atoms. The molecule has 1 aliphatic heterocycles. The molecule has 0 fully saturated rings. The number of hydrogen-bond acceptors (Lipinski definition) is 6. The maximum atomic E-state index is 14.3. The standard InChI is InChI=1S/C36H47N3O5/c1-26-22-39(27(2)25-40)36(42)32-21-31(37-35(41)30-16-9-6-10-17-30)18-19-33(32)44-28(3)13-11-12-20-43-34(26)24-38(4)23-29-14-7-5-8-15-29/h5-10,14-19,21,26-28,34,40H,11-13,20,22-25H2,1-4H3,(H,37,41)/t26-,27+,28+,34-/m1/s1. The highest BCUT2D eigenvalue weighted by Gasteiger charge is 2.30. The number of anilines is 1. The van der Waals surface area contributed by atoms with Crippen LogP contribution < -0.4 is 10.1 Å². The summed E-state index contributed by atoms with van der Waals surface area (Å²) in [6, 6.07) is 24.1. The van der Waals surface area contributed by atoms with Crippen molar-refractivity contribution < 1.29 is 24.2 Å². The average Bonchev–Trinajstić information content (AvgIpc) is 3.03. The van der Waals surface area contributed by atoms with Crippen LogP contribution in [-0.4, -0.2) is 78.3 Å².